The van der Waals surface area contributed by atoms with Crippen LogP contribution in [0, 0.1) is 0 Å². The summed E-state index contributed by atoms with van der Waals surface area (Å²) in [6, 6.07) is 12.0. The van der Waals surface area contributed by atoms with Gasteiger partial charge in [0.05, 0.1) is 47.5 Å². The van der Waals surface area contributed by atoms with Gasteiger partial charge in [-0.15, -0.1) is 0 Å². The molecule has 1 atom stereocenters. The second-order valence-corrected chi connectivity index (χ2v) is 18.5. The number of fused-ring (bicyclic) bond motifs is 2. The standard InChI is InChI=1S/C42H58N2O13S2.Na/c1-41(2,3)39-28-31(34-15-13-32(29-37(34)57-39)43(19-21-55-25-23-53-5)20-22-56-26-24-54-6)10-7-11-38-42(4,17-8-12-40(45)46)35-30-33(59(50,51)52)14-16-36(35)44(38)18-9-27-58(47,48)49;/h7,10-11,13-16,28-30H,8-9,12,17-27H2,1-6H3,(H2-,45,46,47,48,49,50,51,52);/q;+1/p-1. The molecule has 18 heteroatoms. The van der Waals surface area contributed by atoms with Gasteiger partial charge in [0.15, 0.2) is 13.1 Å². The van der Waals surface area contributed by atoms with Crippen molar-refractivity contribution in [1.82, 2.24) is 4.58 Å². The third-order valence-corrected chi connectivity index (χ3v) is 11.8. The van der Waals surface area contributed by atoms with Crippen LogP contribution in [0.5, 0.6) is 0 Å². The van der Waals surface area contributed by atoms with E-state index in [0.717, 1.165) is 22.2 Å². The number of carbonyl (C=O) groups is 1. The van der Waals surface area contributed by atoms with Crippen LogP contribution in [0.25, 0.3) is 17.4 Å². The topological polar surface area (TPSA) is 208 Å². The molecule has 326 valence electrons. The molecule has 0 saturated heterocycles. The molecule has 1 aromatic carbocycles. The van der Waals surface area contributed by atoms with Crippen LogP contribution in [-0.2, 0) is 54.8 Å². The van der Waals surface area contributed by atoms with Crippen LogP contribution < -0.4 is 44.4 Å². The number of anilines is 1. The van der Waals surface area contributed by atoms with Gasteiger partial charge >= 0.3 is 35.5 Å². The number of allylic oxidation sites excluding steroid dienone is 3. The SMILES string of the molecule is COCCOCC[N+](CCOCCOC)=c1ccc2c(/C=C/C=C3\N(CCCS(=O)(=O)[O-])c4ccc(S(=O)(=O)[O-])cc4C3(C)CCCC(=O)O)cc(C(C)(C)C)oc-2c1.[Na+]. The van der Waals surface area contributed by atoms with Gasteiger partial charge in [-0.1, -0.05) is 32.9 Å². The molecule has 0 fully saturated rings. The van der Waals surface area contributed by atoms with Gasteiger partial charge in [0.25, 0.3) is 0 Å². The molecule has 1 aliphatic carbocycles. The normalized spacial score (nSPS) is 16.5. The van der Waals surface area contributed by atoms with Crippen LogP contribution >= 0.6 is 0 Å². The van der Waals surface area contributed by atoms with Crippen LogP contribution in [0.3, 0.4) is 0 Å². The Kier molecular flexibility index (Phi) is 19.7. The average molecular weight is 885 g/mol. The zero-order chi connectivity index (χ0) is 43.4. The number of methoxy groups -OCH3 is 2. The fraction of sp³-hybridized carbons (Fsp3) is 0.524. The minimum Gasteiger partial charge on any atom is -0.748 e. The zero-order valence-corrected chi connectivity index (χ0v) is 39.4. The van der Waals surface area contributed by atoms with E-state index >= 15 is 0 Å². The number of hydrogen-bond acceptors (Lipinski definition) is 13. The van der Waals surface area contributed by atoms with Gasteiger partial charge in [0.1, 0.15) is 34.9 Å². The van der Waals surface area contributed by atoms with Gasteiger partial charge in [-0.05, 0) is 73.7 Å². The zero-order valence-electron chi connectivity index (χ0n) is 35.7. The molecule has 0 amide bonds. The molecule has 3 aliphatic rings. The summed E-state index contributed by atoms with van der Waals surface area (Å²) in [5.41, 5.74) is 1.93. The fourth-order valence-electron chi connectivity index (χ4n) is 7.04. The van der Waals surface area contributed by atoms with Crippen LogP contribution in [0.1, 0.15) is 70.3 Å². The number of hydrogen-bond donors (Lipinski definition) is 1. The van der Waals surface area contributed by atoms with E-state index in [4.69, 9.17) is 23.4 Å². The molecule has 60 heavy (non-hydrogen) atoms. The summed E-state index contributed by atoms with van der Waals surface area (Å²) in [4.78, 5) is 12.9. The molecule has 0 radical (unpaired) electrons. The van der Waals surface area contributed by atoms with Gasteiger partial charge in [-0.2, -0.15) is 0 Å². The number of benzene rings is 2. The van der Waals surface area contributed by atoms with Crippen molar-refractivity contribution in [3.8, 4) is 11.3 Å². The van der Waals surface area contributed by atoms with Gasteiger partial charge < -0.3 is 42.5 Å². The molecule has 15 nitrogen and oxygen atoms in total. The maximum atomic E-state index is 12.1. The maximum absolute atomic E-state index is 12.1. The van der Waals surface area contributed by atoms with E-state index < -0.39 is 42.3 Å². The maximum Gasteiger partial charge on any atom is 1.00 e. The summed E-state index contributed by atoms with van der Waals surface area (Å²) in [7, 11) is -6.13. The summed E-state index contributed by atoms with van der Waals surface area (Å²) in [5.74, 6) is -0.253. The van der Waals surface area contributed by atoms with Crippen molar-refractivity contribution in [2.45, 2.75) is 69.1 Å². The van der Waals surface area contributed by atoms with E-state index in [1.807, 2.05) is 75.1 Å². The van der Waals surface area contributed by atoms with Crippen molar-refractivity contribution in [3.05, 3.63) is 82.6 Å². The fourth-order valence-corrected chi connectivity index (χ4v) is 8.02. The Morgan fingerprint density at radius 1 is 0.917 bits per heavy atom. The quantitative estimate of drug-likeness (QED) is 0.0621. The average Bonchev–Trinajstić information content (AvgIpc) is 3.37. The third kappa shape index (κ3) is 14.6. The summed E-state index contributed by atoms with van der Waals surface area (Å²) in [5, 5.41) is 10.4. The Morgan fingerprint density at radius 2 is 1.57 bits per heavy atom. The van der Waals surface area contributed by atoms with Gasteiger partial charge in [0.2, 0.25) is 5.36 Å². The molecule has 0 spiro atoms. The molecular weight excluding hydrogens is 828 g/mol. The molecule has 4 rings (SSSR count). The Morgan fingerprint density at radius 3 is 2.13 bits per heavy atom. The van der Waals surface area contributed by atoms with Crippen molar-refractivity contribution >= 4 is 38.0 Å². The first-order chi connectivity index (χ1) is 27.8. The summed E-state index contributed by atoms with van der Waals surface area (Å²) in [6.07, 6.45) is 5.87. The largest absolute Gasteiger partial charge is 1.00 e. The number of ether oxygens (including phenoxy) is 4. The first kappa shape index (κ1) is 51.4. The predicted molar refractivity (Wildman–Crippen MR) is 221 cm³/mol. The van der Waals surface area contributed by atoms with Crippen molar-refractivity contribution in [3.63, 3.8) is 0 Å². The van der Waals surface area contributed by atoms with E-state index in [0.29, 0.717) is 75.4 Å². The molecule has 2 heterocycles. The van der Waals surface area contributed by atoms with E-state index in [2.05, 4.69) is 4.58 Å². The number of carboxylic acid groups (broad SMARTS) is 1. The number of nitrogens with zero attached hydrogens (tertiary/aromatic N) is 2. The van der Waals surface area contributed by atoms with Gasteiger partial charge in [0, 0.05) is 66.8 Å². The first-order valence-electron chi connectivity index (χ1n) is 19.5. The molecule has 1 unspecified atom stereocenters. The monoisotopic (exact) mass is 884 g/mol. The minimum atomic E-state index is -4.85. The molecule has 0 bridgehead atoms. The molecule has 0 aromatic heterocycles. The first-order valence-corrected chi connectivity index (χ1v) is 22.5. The van der Waals surface area contributed by atoms with E-state index in [-0.39, 0.29) is 67.2 Å². The van der Waals surface area contributed by atoms with E-state index in [9.17, 15) is 35.8 Å². The molecular formula is C42H57N2NaO13S2. The second kappa shape index (κ2) is 22.9. The second-order valence-electron chi connectivity index (χ2n) is 15.6. The van der Waals surface area contributed by atoms with Crippen LogP contribution in [0.2, 0.25) is 0 Å². The van der Waals surface area contributed by atoms with Crippen molar-refractivity contribution in [2.75, 3.05) is 84.1 Å². The number of rotatable bonds is 23. The number of carboxylic acids is 1. The Hall–Kier alpha value is -2.94. The minimum absolute atomic E-state index is 0. The molecule has 2 aliphatic heterocycles. The number of aliphatic carboxylic acids is 1. The summed E-state index contributed by atoms with van der Waals surface area (Å²) in [6.45, 7) is 12.1. The van der Waals surface area contributed by atoms with E-state index in [1.165, 1.54) is 18.2 Å². The van der Waals surface area contributed by atoms with Gasteiger partial charge in [-0.25, -0.2) is 21.4 Å². The predicted octanol–water partition coefficient (Wildman–Crippen LogP) is 1.55. The summed E-state index contributed by atoms with van der Waals surface area (Å²) >= 11 is 0. The van der Waals surface area contributed by atoms with Crippen LogP contribution in [0.4, 0.5) is 5.69 Å². The van der Waals surface area contributed by atoms with Crippen molar-refractivity contribution in [1.29, 1.82) is 0 Å². The van der Waals surface area contributed by atoms with Crippen LogP contribution in [-0.4, -0.2) is 116 Å². The Labute approximate surface area is 376 Å². The molecule has 0 saturated carbocycles. The third-order valence-electron chi connectivity index (χ3n) is 10.1. The summed E-state index contributed by atoms with van der Waals surface area (Å²) < 4.78 is 102. The van der Waals surface area contributed by atoms with E-state index in [1.54, 1.807) is 14.2 Å². The van der Waals surface area contributed by atoms with Gasteiger partial charge in [-0.3, -0.25) is 4.79 Å². The smallest absolute Gasteiger partial charge is 0.748 e. The Balaban J connectivity index is 0.00000961. The van der Waals surface area contributed by atoms with Crippen molar-refractivity contribution in [2.24, 2.45) is 0 Å². The Bertz CT molecular complexity index is 2220. The van der Waals surface area contributed by atoms with Crippen molar-refractivity contribution < 1.29 is 88.8 Å². The molecule has 1 aromatic rings. The molecule has 1 N–H and O–H groups in total. The van der Waals surface area contributed by atoms with Crippen LogP contribution in [0.15, 0.2) is 69.6 Å².